The molecule has 3 aromatic rings. The molecule has 30 heavy (non-hydrogen) atoms. The first-order valence-corrected chi connectivity index (χ1v) is 11.1. The highest BCUT2D eigenvalue weighted by atomic mass is 32.1. The van der Waals surface area contributed by atoms with Gasteiger partial charge in [0.15, 0.2) is 5.11 Å². The van der Waals surface area contributed by atoms with Crippen LogP contribution in [0.4, 0.5) is 5.69 Å². The predicted octanol–water partition coefficient (Wildman–Crippen LogP) is 3.69. The molecular formula is C24H33N4OS+. The number of hydrogen-bond donors (Lipinski definition) is 3. The molecule has 2 aromatic carbocycles. The zero-order valence-electron chi connectivity index (χ0n) is 18.2. The highest BCUT2D eigenvalue weighted by Crippen LogP contribution is 2.21. The summed E-state index contributed by atoms with van der Waals surface area (Å²) in [5.74, 6) is 0.837. The molecular weight excluding hydrogens is 392 g/mol. The van der Waals surface area contributed by atoms with E-state index in [2.05, 4.69) is 59.5 Å². The van der Waals surface area contributed by atoms with Crippen LogP contribution in [0.25, 0.3) is 10.9 Å². The molecule has 3 N–H and O–H groups in total. The van der Waals surface area contributed by atoms with E-state index < -0.39 is 0 Å². The van der Waals surface area contributed by atoms with E-state index in [4.69, 9.17) is 17.0 Å². The van der Waals surface area contributed by atoms with Gasteiger partial charge in [0.25, 0.3) is 0 Å². The Morgan fingerprint density at radius 1 is 1.10 bits per heavy atom. The number of methoxy groups -OCH3 is 1. The molecule has 0 atom stereocenters. The van der Waals surface area contributed by atoms with Crippen LogP contribution in [0.5, 0.6) is 5.75 Å². The number of anilines is 1. The number of para-hydroxylation sites is 1. The molecule has 0 saturated heterocycles. The third-order valence-corrected chi connectivity index (χ3v) is 5.98. The fraction of sp³-hybridized carbons (Fsp3) is 0.375. The summed E-state index contributed by atoms with van der Waals surface area (Å²) in [6.07, 6.45) is 3.20. The number of aromatic amines is 1. The van der Waals surface area contributed by atoms with Gasteiger partial charge in [0, 0.05) is 42.3 Å². The van der Waals surface area contributed by atoms with Crippen LogP contribution < -0.4 is 15.0 Å². The average molecular weight is 426 g/mol. The smallest absolute Gasteiger partial charge is 0.173 e. The number of nitrogens with one attached hydrogen (secondary N) is 3. The highest BCUT2D eigenvalue weighted by molar-refractivity contribution is 7.80. The van der Waals surface area contributed by atoms with Gasteiger partial charge in [-0.3, -0.25) is 0 Å². The number of aromatic nitrogens is 1. The number of H-pyrrole nitrogens is 1. The van der Waals surface area contributed by atoms with Crippen LogP contribution in [0, 0.1) is 0 Å². The van der Waals surface area contributed by atoms with Crippen molar-refractivity contribution in [2.75, 3.05) is 38.6 Å². The van der Waals surface area contributed by atoms with E-state index in [0.29, 0.717) is 0 Å². The van der Waals surface area contributed by atoms with E-state index in [1.165, 1.54) is 10.9 Å². The second-order valence-corrected chi connectivity index (χ2v) is 7.89. The standard InChI is InChI=1S/C24H32N4OS/c1-4-27(5-2)15-8-16-28(18-19-17-25-23-10-7-6-9-22(19)23)24(30)26-20-11-13-21(29-3)14-12-20/h6-7,9-14,17,25H,4-5,8,15-16,18H2,1-3H3,(H,26,30)/p+1. The Hall–Kier alpha value is -2.57. The van der Waals surface area contributed by atoms with Crippen molar-refractivity contribution in [1.29, 1.82) is 0 Å². The van der Waals surface area contributed by atoms with Crippen LogP contribution in [0.15, 0.2) is 54.7 Å². The quantitative estimate of drug-likeness (QED) is 0.434. The average Bonchev–Trinajstić information content (AvgIpc) is 3.19. The van der Waals surface area contributed by atoms with Crippen molar-refractivity contribution in [2.45, 2.75) is 26.8 Å². The van der Waals surface area contributed by atoms with Crippen molar-refractivity contribution in [1.82, 2.24) is 9.88 Å². The third-order valence-electron chi connectivity index (χ3n) is 5.62. The lowest BCUT2D eigenvalue weighted by Gasteiger charge is -2.26. The van der Waals surface area contributed by atoms with Gasteiger partial charge >= 0.3 is 0 Å². The maximum atomic E-state index is 5.82. The number of rotatable bonds is 10. The molecule has 6 heteroatoms. The first-order valence-electron chi connectivity index (χ1n) is 10.7. The number of quaternary nitrogens is 1. The molecule has 0 aliphatic heterocycles. The molecule has 1 aromatic heterocycles. The molecule has 0 spiro atoms. The molecule has 0 radical (unpaired) electrons. The van der Waals surface area contributed by atoms with Gasteiger partial charge in [-0.25, -0.2) is 0 Å². The first-order chi connectivity index (χ1) is 14.6. The minimum atomic E-state index is 0.750. The molecule has 5 nitrogen and oxygen atoms in total. The van der Waals surface area contributed by atoms with E-state index in [9.17, 15) is 0 Å². The molecule has 0 unspecified atom stereocenters. The Balaban J connectivity index is 1.72. The summed E-state index contributed by atoms with van der Waals surface area (Å²) in [6.45, 7) is 9.67. The van der Waals surface area contributed by atoms with Gasteiger partial charge in [0.1, 0.15) is 5.75 Å². The molecule has 1 heterocycles. The van der Waals surface area contributed by atoms with Crippen LogP contribution in [-0.4, -0.2) is 48.3 Å². The zero-order valence-corrected chi connectivity index (χ0v) is 19.0. The Kier molecular flexibility index (Phi) is 8.11. The van der Waals surface area contributed by atoms with E-state index in [1.54, 1.807) is 12.0 Å². The van der Waals surface area contributed by atoms with Crippen molar-refractivity contribution in [3.05, 3.63) is 60.3 Å². The number of nitrogens with zero attached hydrogens (tertiary/aromatic N) is 1. The van der Waals surface area contributed by atoms with E-state index in [-0.39, 0.29) is 0 Å². The number of fused-ring (bicyclic) bond motifs is 1. The molecule has 0 amide bonds. The topological polar surface area (TPSA) is 44.7 Å². The number of thiocarbonyl (C=S) groups is 1. The second-order valence-electron chi connectivity index (χ2n) is 7.50. The van der Waals surface area contributed by atoms with Crippen molar-refractivity contribution in [3.8, 4) is 5.75 Å². The second kappa shape index (κ2) is 11.0. The van der Waals surface area contributed by atoms with Gasteiger partial charge in [-0.05, 0) is 62.0 Å². The maximum Gasteiger partial charge on any atom is 0.173 e. The van der Waals surface area contributed by atoms with Crippen molar-refractivity contribution < 1.29 is 9.64 Å². The van der Waals surface area contributed by atoms with Gasteiger partial charge in [-0.2, -0.15) is 0 Å². The molecule has 160 valence electrons. The van der Waals surface area contributed by atoms with Crippen LogP contribution >= 0.6 is 12.2 Å². The lowest BCUT2D eigenvalue weighted by Crippen LogP contribution is -3.11. The van der Waals surface area contributed by atoms with Crippen molar-refractivity contribution in [3.63, 3.8) is 0 Å². The lowest BCUT2D eigenvalue weighted by molar-refractivity contribution is -0.896. The Bertz CT molecular complexity index is 934. The maximum absolute atomic E-state index is 5.82. The fourth-order valence-corrected chi connectivity index (χ4v) is 3.99. The van der Waals surface area contributed by atoms with E-state index in [0.717, 1.165) is 61.2 Å². The predicted molar refractivity (Wildman–Crippen MR) is 129 cm³/mol. The number of ether oxygens (including phenoxy) is 1. The Morgan fingerprint density at radius 3 is 2.53 bits per heavy atom. The van der Waals surface area contributed by atoms with Crippen LogP contribution in [0.3, 0.4) is 0 Å². The van der Waals surface area contributed by atoms with Gasteiger partial charge < -0.3 is 24.8 Å². The van der Waals surface area contributed by atoms with Gasteiger partial charge in [0.05, 0.1) is 26.7 Å². The number of benzene rings is 2. The summed E-state index contributed by atoms with van der Waals surface area (Å²) in [4.78, 5) is 7.28. The van der Waals surface area contributed by atoms with E-state index >= 15 is 0 Å². The minimum absolute atomic E-state index is 0.750. The summed E-state index contributed by atoms with van der Waals surface area (Å²) in [5.41, 5.74) is 3.40. The molecule has 0 aliphatic rings. The van der Waals surface area contributed by atoms with Gasteiger partial charge in [-0.15, -0.1) is 0 Å². The lowest BCUT2D eigenvalue weighted by atomic mass is 10.1. The Morgan fingerprint density at radius 2 is 1.83 bits per heavy atom. The van der Waals surface area contributed by atoms with E-state index in [1.807, 2.05) is 24.3 Å². The summed E-state index contributed by atoms with van der Waals surface area (Å²) in [7, 11) is 1.67. The monoisotopic (exact) mass is 425 g/mol. The largest absolute Gasteiger partial charge is 0.497 e. The molecule has 0 saturated carbocycles. The summed E-state index contributed by atoms with van der Waals surface area (Å²) in [6, 6.07) is 16.3. The normalized spacial score (nSPS) is 11.1. The van der Waals surface area contributed by atoms with Gasteiger partial charge in [0.2, 0.25) is 0 Å². The number of hydrogen-bond acceptors (Lipinski definition) is 2. The summed E-state index contributed by atoms with van der Waals surface area (Å²) >= 11 is 5.82. The van der Waals surface area contributed by atoms with Crippen LogP contribution in [0.1, 0.15) is 25.8 Å². The molecule has 0 bridgehead atoms. The fourth-order valence-electron chi connectivity index (χ4n) is 3.72. The highest BCUT2D eigenvalue weighted by Gasteiger charge is 2.15. The molecule has 0 aliphatic carbocycles. The van der Waals surface area contributed by atoms with Crippen molar-refractivity contribution >= 4 is 33.9 Å². The molecule has 0 fully saturated rings. The molecule has 3 rings (SSSR count). The summed E-state index contributed by atoms with van der Waals surface area (Å²) < 4.78 is 5.25. The first kappa shape index (κ1) is 22.1. The van der Waals surface area contributed by atoms with Crippen LogP contribution in [-0.2, 0) is 6.54 Å². The Labute approximate surface area is 185 Å². The van der Waals surface area contributed by atoms with Gasteiger partial charge in [-0.1, -0.05) is 18.2 Å². The summed E-state index contributed by atoms with van der Waals surface area (Å²) in [5, 5.41) is 5.41. The van der Waals surface area contributed by atoms with Crippen molar-refractivity contribution in [2.24, 2.45) is 0 Å². The van der Waals surface area contributed by atoms with Crippen LogP contribution in [0.2, 0.25) is 0 Å². The SMILES string of the molecule is CC[NH+](CC)CCCN(Cc1c[nH]c2ccccc12)C(=S)Nc1ccc(OC)cc1. The third kappa shape index (κ3) is 5.74. The minimum Gasteiger partial charge on any atom is -0.497 e. The zero-order chi connectivity index (χ0) is 21.3.